The quantitative estimate of drug-likeness (QED) is 0.213. The molecule has 3 rings (SSSR count). The Balaban J connectivity index is 1.55. The van der Waals surface area contributed by atoms with Crippen molar-refractivity contribution in [3.05, 3.63) is 77.4 Å². The van der Waals surface area contributed by atoms with Gasteiger partial charge in [0, 0.05) is 11.4 Å². The number of aryl methyl sites for hydroxylation is 2. The summed E-state index contributed by atoms with van der Waals surface area (Å²) in [7, 11) is 1.53. The van der Waals surface area contributed by atoms with Crippen LogP contribution in [-0.2, 0) is 14.4 Å². The number of nitrogens with zero attached hydrogens (tertiary/aromatic N) is 1. The summed E-state index contributed by atoms with van der Waals surface area (Å²) < 4.78 is 16.3. The molecule has 0 aromatic heterocycles. The maximum atomic E-state index is 12.3. The first kappa shape index (κ1) is 27.7. The van der Waals surface area contributed by atoms with Gasteiger partial charge in [0.05, 0.1) is 19.9 Å². The molecule has 0 saturated heterocycles. The van der Waals surface area contributed by atoms with E-state index in [1.165, 1.54) is 13.3 Å². The predicted molar refractivity (Wildman–Crippen MR) is 145 cm³/mol. The van der Waals surface area contributed by atoms with Crippen molar-refractivity contribution in [3.63, 3.8) is 0 Å². The molecule has 3 amide bonds. The number of hydrogen-bond acceptors (Lipinski definition) is 7. The third-order valence-corrected chi connectivity index (χ3v) is 5.35. The minimum Gasteiger partial charge on any atom is -0.497 e. The molecule has 0 fully saturated rings. The average molecular weight is 519 g/mol. The van der Waals surface area contributed by atoms with Gasteiger partial charge in [0.2, 0.25) is 0 Å². The van der Waals surface area contributed by atoms with Crippen molar-refractivity contribution in [2.45, 2.75) is 20.8 Å². The zero-order valence-electron chi connectivity index (χ0n) is 21.7. The monoisotopic (exact) mass is 518 g/mol. The predicted octanol–water partition coefficient (Wildman–Crippen LogP) is 3.82. The number of ether oxygens (including phenoxy) is 3. The summed E-state index contributed by atoms with van der Waals surface area (Å²) in [6.45, 7) is 5.96. The molecular formula is C28H30N4O6. The molecule has 3 N–H and O–H groups in total. The number of nitrogens with one attached hydrogen (secondary N) is 3. The third kappa shape index (κ3) is 8.09. The molecule has 0 heterocycles. The van der Waals surface area contributed by atoms with Crippen LogP contribution in [0.25, 0.3) is 0 Å². The van der Waals surface area contributed by atoms with Crippen molar-refractivity contribution >= 4 is 35.3 Å². The van der Waals surface area contributed by atoms with Crippen LogP contribution in [0.5, 0.6) is 17.2 Å². The van der Waals surface area contributed by atoms with Crippen molar-refractivity contribution in [3.8, 4) is 17.2 Å². The van der Waals surface area contributed by atoms with Crippen LogP contribution in [0.4, 0.5) is 11.4 Å². The van der Waals surface area contributed by atoms with E-state index in [0.717, 1.165) is 11.1 Å². The normalized spacial score (nSPS) is 10.5. The summed E-state index contributed by atoms with van der Waals surface area (Å²) >= 11 is 0. The van der Waals surface area contributed by atoms with E-state index in [1.807, 2.05) is 39.0 Å². The van der Waals surface area contributed by atoms with Crippen LogP contribution in [0.15, 0.2) is 65.8 Å². The Morgan fingerprint density at radius 1 is 0.816 bits per heavy atom. The summed E-state index contributed by atoms with van der Waals surface area (Å²) in [5.41, 5.74) is 6.11. The minimum atomic E-state index is -0.933. The fraction of sp³-hybridized carbons (Fsp3) is 0.214. The lowest BCUT2D eigenvalue weighted by Gasteiger charge is -2.13. The fourth-order valence-electron chi connectivity index (χ4n) is 3.23. The van der Waals surface area contributed by atoms with Crippen LogP contribution in [0.3, 0.4) is 0 Å². The van der Waals surface area contributed by atoms with Crippen molar-refractivity contribution < 1.29 is 28.6 Å². The van der Waals surface area contributed by atoms with Crippen LogP contribution in [0.1, 0.15) is 23.6 Å². The number of methoxy groups -OCH3 is 1. The standard InChI is InChI=1S/C28H30N4O6/c1-5-37-25-15-20(16-29-32-28(35)27(34)31-21-9-11-23(36-4)12-10-21)7-13-24(25)38-17-26(33)30-22-8-6-18(2)19(3)14-22/h6-16H,5,17H2,1-4H3,(H,30,33)(H,31,34)(H,32,35)/b29-16-. The summed E-state index contributed by atoms with van der Waals surface area (Å²) in [6.07, 6.45) is 1.36. The van der Waals surface area contributed by atoms with Gasteiger partial charge in [-0.05, 0) is 92.1 Å². The Kier molecular flexibility index (Phi) is 9.81. The number of carbonyl (C=O) groups is 3. The number of amides is 3. The fourth-order valence-corrected chi connectivity index (χ4v) is 3.23. The van der Waals surface area contributed by atoms with Crippen molar-refractivity contribution in [2.24, 2.45) is 5.10 Å². The molecule has 0 radical (unpaired) electrons. The maximum Gasteiger partial charge on any atom is 0.329 e. The van der Waals surface area contributed by atoms with E-state index in [0.29, 0.717) is 40.8 Å². The second-order valence-electron chi connectivity index (χ2n) is 8.16. The first-order chi connectivity index (χ1) is 18.3. The van der Waals surface area contributed by atoms with E-state index >= 15 is 0 Å². The van der Waals surface area contributed by atoms with E-state index < -0.39 is 11.8 Å². The van der Waals surface area contributed by atoms with Crippen LogP contribution in [0, 0.1) is 13.8 Å². The van der Waals surface area contributed by atoms with E-state index in [9.17, 15) is 14.4 Å². The molecule has 0 bridgehead atoms. The molecule has 0 aliphatic rings. The van der Waals surface area contributed by atoms with Gasteiger partial charge in [0.25, 0.3) is 5.91 Å². The smallest absolute Gasteiger partial charge is 0.329 e. The van der Waals surface area contributed by atoms with Gasteiger partial charge < -0.3 is 24.8 Å². The number of benzene rings is 3. The molecule has 38 heavy (non-hydrogen) atoms. The third-order valence-electron chi connectivity index (χ3n) is 5.35. The van der Waals surface area contributed by atoms with Crippen molar-refractivity contribution in [1.82, 2.24) is 5.43 Å². The number of hydrogen-bond donors (Lipinski definition) is 3. The Morgan fingerprint density at radius 2 is 1.55 bits per heavy atom. The Hall–Kier alpha value is -4.86. The number of hydrazone groups is 1. The van der Waals surface area contributed by atoms with Gasteiger partial charge >= 0.3 is 11.8 Å². The molecule has 0 unspecified atom stereocenters. The lowest BCUT2D eigenvalue weighted by Crippen LogP contribution is -2.32. The first-order valence-corrected chi connectivity index (χ1v) is 11.8. The molecule has 3 aromatic carbocycles. The van der Waals surface area contributed by atoms with E-state index in [2.05, 4.69) is 21.2 Å². The Labute approximate surface area is 221 Å². The zero-order valence-corrected chi connectivity index (χ0v) is 21.7. The van der Waals surface area contributed by atoms with Crippen LogP contribution >= 0.6 is 0 Å². The molecule has 0 saturated carbocycles. The van der Waals surface area contributed by atoms with Crippen molar-refractivity contribution in [2.75, 3.05) is 31.0 Å². The van der Waals surface area contributed by atoms with Crippen LogP contribution in [-0.4, -0.2) is 44.3 Å². The van der Waals surface area contributed by atoms with Crippen LogP contribution in [0.2, 0.25) is 0 Å². The van der Waals surface area contributed by atoms with Crippen molar-refractivity contribution in [1.29, 1.82) is 0 Å². The van der Waals surface area contributed by atoms with Gasteiger partial charge in [0.15, 0.2) is 18.1 Å². The molecule has 0 spiro atoms. The van der Waals surface area contributed by atoms with Gasteiger partial charge in [-0.15, -0.1) is 0 Å². The summed E-state index contributed by atoms with van der Waals surface area (Å²) in [5, 5.41) is 9.11. The van der Waals surface area contributed by atoms with E-state index in [1.54, 1.807) is 42.5 Å². The highest BCUT2D eigenvalue weighted by atomic mass is 16.5. The molecule has 198 valence electrons. The van der Waals surface area contributed by atoms with Gasteiger partial charge in [0.1, 0.15) is 5.75 Å². The molecule has 0 aliphatic carbocycles. The number of rotatable bonds is 10. The van der Waals surface area contributed by atoms with E-state index in [4.69, 9.17) is 14.2 Å². The topological polar surface area (TPSA) is 127 Å². The SMILES string of the molecule is CCOc1cc(/C=N\NC(=O)C(=O)Nc2ccc(OC)cc2)ccc1OCC(=O)Nc1ccc(C)c(C)c1. The molecular weight excluding hydrogens is 488 g/mol. The van der Waals surface area contributed by atoms with Gasteiger partial charge in [-0.1, -0.05) is 6.07 Å². The van der Waals surface area contributed by atoms with Gasteiger partial charge in [-0.25, -0.2) is 5.43 Å². The highest BCUT2D eigenvalue weighted by molar-refractivity contribution is 6.39. The number of anilines is 2. The Morgan fingerprint density at radius 3 is 2.24 bits per heavy atom. The second-order valence-corrected chi connectivity index (χ2v) is 8.16. The highest BCUT2D eigenvalue weighted by Gasteiger charge is 2.13. The molecule has 10 nitrogen and oxygen atoms in total. The number of carbonyl (C=O) groups excluding carboxylic acids is 3. The average Bonchev–Trinajstić information content (AvgIpc) is 2.91. The lowest BCUT2D eigenvalue weighted by atomic mass is 10.1. The molecule has 10 heteroatoms. The Bertz CT molecular complexity index is 1320. The molecule has 0 aliphatic heterocycles. The molecule has 3 aromatic rings. The zero-order chi connectivity index (χ0) is 27.5. The lowest BCUT2D eigenvalue weighted by molar-refractivity contribution is -0.136. The maximum absolute atomic E-state index is 12.3. The highest BCUT2D eigenvalue weighted by Crippen LogP contribution is 2.28. The molecule has 0 atom stereocenters. The minimum absolute atomic E-state index is 0.209. The van der Waals surface area contributed by atoms with Gasteiger partial charge in [-0.2, -0.15) is 5.10 Å². The van der Waals surface area contributed by atoms with Gasteiger partial charge in [-0.3, -0.25) is 14.4 Å². The second kappa shape index (κ2) is 13.4. The summed E-state index contributed by atoms with van der Waals surface area (Å²) in [4.78, 5) is 36.5. The summed E-state index contributed by atoms with van der Waals surface area (Å²) in [5.74, 6) is -0.708. The largest absolute Gasteiger partial charge is 0.497 e. The van der Waals surface area contributed by atoms with E-state index in [-0.39, 0.29) is 12.5 Å². The first-order valence-electron chi connectivity index (χ1n) is 11.8. The van der Waals surface area contributed by atoms with Crippen LogP contribution < -0.4 is 30.3 Å². The summed E-state index contributed by atoms with van der Waals surface area (Å²) in [6, 6.07) is 17.2.